The van der Waals surface area contributed by atoms with Crippen molar-refractivity contribution in [2.75, 3.05) is 13.6 Å². The van der Waals surface area contributed by atoms with E-state index in [9.17, 15) is 4.39 Å². The molecule has 144 valence electrons. The molecule has 0 atom stereocenters. The predicted molar refractivity (Wildman–Crippen MR) is 114 cm³/mol. The molecule has 0 fully saturated rings. The molecule has 0 spiro atoms. The number of benzene rings is 1. The third-order valence-electron chi connectivity index (χ3n) is 4.03. The van der Waals surface area contributed by atoms with Gasteiger partial charge in [0.2, 0.25) is 0 Å². The third kappa shape index (κ3) is 5.80. The summed E-state index contributed by atoms with van der Waals surface area (Å²) in [7, 11) is 1.71. The van der Waals surface area contributed by atoms with Crippen molar-refractivity contribution in [3.8, 4) is 0 Å². The summed E-state index contributed by atoms with van der Waals surface area (Å²) in [6.45, 7) is 8.03. The largest absolute Gasteiger partial charge is 0.356 e. The molecule has 0 bridgehead atoms. The van der Waals surface area contributed by atoms with Crippen LogP contribution in [-0.2, 0) is 18.5 Å². The second-order valence-electron chi connectivity index (χ2n) is 6.32. The highest BCUT2D eigenvalue weighted by Gasteiger charge is 2.24. The molecular formula is C17H25ClFIN6. The maximum atomic E-state index is 13.3. The maximum Gasteiger partial charge on any atom is 0.191 e. The predicted octanol–water partition coefficient (Wildman–Crippen LogP) is 3.35. The summed E-state index contributed by atoms with van der Waals surface area (Å²) in [4.78, 5) is 4.22. The van der Waals surface area contributed by atoms with Gasteiger partial charge in [-0.25, -0.2) is 4.39 Å². The van der Waals surface area contributed by atoms with Gasteiger partial charge in [0, 0.05) is 30.6 Å². The van der Waals surface area contributed by atoms with E-state index in [1.807, 2.05) is 25.3 Å². The zero-order valence-corrected chi connectivity index (χ0v) is 18.5. The van der Waals surface area contributed by atoms with Crippen LogP contribution in [0.15, 0.2) is 29.5 Å². The highest BCUT2D eigenvalue weighted by atomic mass is 127. The van der Waals surface area contributed by atoms with Crippen molar-refractivity contribution >= 4 is 41.5 Å². The molecule has 0 aliphatic rings. The van der Waals surface area contributed by atoms with Crippen LogP contribution < -0.4 is 10.6 Å². The molecule has 0 aliphatic carbocycles. The Balaban J connectivity index is 0.00000338. The number of rotatable bonds is 6. The van der Waals surface area contributed by atoms with Crippen molar-refractivity contribution in [1.82, 2.24) is 25.4 Å². The van der Waals surface area contributed by atoms with Crippen molar-refractivity contribution < 1.29 is 4.39 Å². The van der Waals surface area contributed by atoms with Gasteiger partial charge in [-0.05, 0) is 24.6 Å². The number of hydrogen-bond acceptors (Lipinski definition) is 3. The molecule has 1 aromatic heterocycles. The van der Waals surface area contributed by atoms with Crippen LogP contribution in [0.5, 0.6) is 0 Å². The van der Waals surface area contributed by atoms with Crippen LogP contribution in [0.4, 0.5) is 4.39 Å². The van der Waals surface area contributed by atoms with Gasteiger partial charge in [-0.2, -0.15) is 0 Å². The van der Waals surface area contributed by atoms with Gasteiger partial charge < -0.3 is 15.2 Å². The molecule has 1 heterocycles. The second-order valence-corrected chi connectivity index (χ2v) is 6.73. The van der Waals surface area contributed by atoms with Gasteiger partial charge in [0.1, 0.15) is 12.1 Å². The Kier molecular flexibility index (Phi) is 8.75. The van der Waals surface area contributed by atoms with Crippen LogP contribution in [-0.4, -0.2) is 34.3 Å². The van der Waals surface area contributed by atoms with Gasteiger partial charge in [0.05, 0.1) is 6.54 Å². The Morgan fingerprint density at radius 2 is 2.08 bits per heavy atom. The molecule has 0 saturated heterocycles. The van der Waals surface area contributed by atoms with Gasteiger partial charge in [-0.1, -0.05) is 31.5 Å². The highest BCUT2D eigenvalue weighted by molar-refractivity contribution is 14.0. The molecule has 2 rings (SSSR count). The van der Waals surface area contributed by atoms with Crippen molar-refractivity contribution in [3.05, 3.63) is 46.8 Å². The Bertz CT molecular complexity index is 747. The van der Waals surface area contributed by atoms with E-state index in [-0.39, 0.29) is 35.2 Å². The molecule has 2 N–H and O–H groups in total. The molecule has 9 heteroatoms. The number of aryl methyl sites for hydroxylation is 1. The number of nitrogens with one attached hydrogen (secondary N) is 2. The lowest BCUT2D eigenvalue weighted by Crippen LogP contribution is -2.43. The average Bonchev–Trinajstić information content (AvgIpc) is 3.02. The fourth-order valence-corrected chi connectivity index (χ4v) is 2.92. The Labute approximate surface area is 175 Å². The zero-order chi connectivity index (χ0) is 18.4. The average molecular weight is 495 g/mol. The monoisotopic (exact) mass is 494 g/mol. The van der Waals surface area contributed by atoms with E-state index in [0.717, 1.165) is 17.9 Å². The van der Waals surface area contributed by atoms with Crippen molar-refractivity contribution in [2.24, 2.45) is 4.99 Å². The number of aliphatic imine (C=N–C) groups is 1. The summed E-state index contributed by atoms with van der Waals surface area (Å²) in [5.41, 5.74) is 0.579. The van der Waals surface area contributed by atoms with E-state index < -0.39 is 0 Å². The maximum absolute atomic E-state index is 13.3. The van der Waals surface area contributed by atoms with Gasteiger partial charge in [-0.3, -0.25) is 4.99 Å². The first kappa shape index (κ1) is 22.6. The third-order valence-corrected chi connectivity index (χ3v) is 4.34. The fourth-order valence-electron chi connectivity index (χ4n) is 2.50. The van der Waals surface area contributed by atoms with E-state index in [4.69, 9.17) is 11.6 Å². The van der Waals surface area contributed by atoms with E-state index in [0.29, 0.717) is 24.1 Å². The molecule has 0 aliphatic heterocycles. The first-order valence-corrected chi connectivity index (χ1v) is 8.52. The Morgan fingerprint density at radius 3 is 2.69 bits per heavy atom. The van der Waals surface area contributed by atoms with Gasteiger partial charge >= 0.3 is 0 Å². The number of hydrogen-bond donors (Lipinski definition) is 2. The SMILES string of the molecule is CCn1cnnc1CNC(=NC)NCC(C)(C)c1ccc(F)cc1Cl.I. The Morgan fingerprint density at radius 1 is 1.35 bits per heavy atom. The van der Waals surface area contributed by atoms with E-state index in [1.54, 1.807) is 19.4 Å². The van der Waals surface area contributed by atoms with E-state index in [2.05, 4.69) is 25.8 Å². The minimum absolute atomic E-state index is 0. The molecule has 0 radical (unpaired) electrons. The highest BCUT2D eigenvalue weighted by Crippen LogP contribution is 2.29. The van der Waals surface area contributed by atoms with Crippen LogP contribution in [0.25, 0.3) is 0 Å². The number of nitrogens with zero attached hydrogens (tertiary/aromatic N) is 4. The summed E-state index contributed by atoms with van der Waals surface area (Å²) in [5.74, 6) is 1.15. The van der Waals surface area contributed by atoms with Crippen molar-refractivity contribution in [1.29, 1.82) is 0 Å². The van der Waals surface area contributed by atoms with E-state index >= 15 is 0 Å². The smallest absolute Gasteiger partial charge is 0.191 e. The molecule has 1 aromatic carbocycles. The summed E-state index contributed by atoms with van der Waals surface area (Å²) >= 11 is 6.19. The number of aromatic nitrogens is 3. The minimum Gasteiger partial charge on any atom is -0.356 e. The summed E-state index contributed by atoms with van der Waals surface area (Å²) in [5, 5.41) is 14.9. The molecule has 0 saturated carbocycles. The lowest BCUT2D eigenvalue weighted by atomic mass is 9.84. The number of guanidine groups is 1. The lowest BCUT2D eigenvalue weighted by molar-refractivity contribution is 0.506. The molecule has 26 heavy (non-hydrogen) atoms. The standard InChI is InChI=1S/C17H24ClFN6.HI/c1-5-25-11-23-24-15(25)9-21-16(20-4)22-10-17(2,3)13-7-6-12(19)8-14(13)18;/h6-8,11H,5,9-10H2,1-4H3,(H2,20,21,22);1H. The number of halogens is 3. The van der Waals surface area contributed by atoms with Crippen molar-refractivity contribution in [2.45, 2.75) is 39.3 Å². The second kappa shape index (κ2) is 10.1. The van der Waals surface area contributed by atoms with Gasteiger partial charge in [0.25, 0.3) is 0 Å². The topological polar surface area (TPSA) is 67.1 Å². The summed E-state index contributed by atoms with van der Waals surface area (Å²) < 4.78 is 15.2. The quantitative estimate of drug-likeness (QED) is 0.367. The summed E-state index contributed by atoms with van der Waals surface area (Å²) in [6, 6.07) is 4.48. The van der Waals surface area contributed by atoms with Gasteiger partial charge in [0.15, 0.2) is 11.8 Å². The molecule has 2 aromatic rings. The van der Waals surface area contributed by atoms with Crippen LogP contribution in [0.1, 0.15) is 32.2 Å². The first-order chi connectivity index (χ1) is 11.9. The van der Waals surface area contributed by atoms with Crippen LogP contribution >= 0.6 is 35.6 Å². The molecule has 0 amide bonds. The van der Waals surface area contributed by atoms with Crippen LogP contribution in [0.2, 0.25) is 5.02 Å². The van der Waals surface area contributed by atoms with Crippen LogP contribution in [0.3, 0.4) is 0 Å². The Hall–Kier alpha value is -1.42. The van der Waals surface area contributed by atoms with Crippen LogP contribution in [0, 0.1) is 5.82 Å². The lowest BCUT2D eigenvalue weighted by Gasteiger charge is -2.27. The first-order valence-electron chi connectivity index (χ1n) is 8.14. The van der Waals surface area contributed by atoms with Crippen molar-refractivity contribution in [3.63, 3.8) is 0 Å². The van der Waals surface area contributed by atoms with E-state index in [1.165, 1.54) is 12.1 Å². The molecule has 6 nitrogen and oxygen atoms in total. The van der Waals surface area contributed by atoms with Gasteiger partial charge in [-0.15, -0.1) is 34.2 Å². The zero-order valence-electron chi connectivity index (χ0n) is 15.4. The minimum atomic E-state index is -0.338. The summed E-state index contributed by atoms with van der Waals surface area (Å²) in [6.07, 6.45) is 1.70. The molecular weight excluding hydrogens is 470 g/mol. The fraction of sp³-hybridized carbons (Fsp3) is 0.471. The molecule has 0 unspecified atom stereocenters. The normalized spacial score (nSPS) is 11.8.